The molecular weight excluding hydrogens is 247 g/mol. The Kier molecular flexibility index (Phi) is 6.86. The van der Waals surface area contributed by atoms with Gasteiger partial charge >= 0.3 is 0 Å². The summed E-state index contributed by atoms with van der Waals surface area (Å²) in [6.07, 6.45) is 0.0768. The molecule has 0 radical (unpaired) electrons. The summed E-state index contributed by atoms with van der Waals surface area (Å²) in [5.41, 5.74) is 0.699. The summed E-state index contributed by atoms with van der Waals surface area (Å²) in [5, 5.41) is 12.0. The number of hydrogen-bond donors (Lipinski definition) is 1. The fourth-order valence-electron chi connectivity index (χ4n) is 1.55. The first kappa shape index (κ1) is 15.4. The summed E-state index contributed by atoms with van der Waals surface area (Å²) >= 11 is 0. The molecule has 0 fully saturated rings. The number of ether oxygens (including phenoxy) is 2. The zero-order valence-corrected chi connectivity index (χ0v) is 11.3. The highest BCUT2D eigenvalue weighted by atomic mass is 19.1. The first-order valence-corrected chi connectivity index (χ1v) is 6.25. The molecule has 1 atom stereocenters. The van der Waals surface area contributed by atoms with E-state index >= 15 is 0 Å². The SMILES string of the molecule is CCC(C#N)Oc1ccc(F)cc1CNCCOC. The number of nitriles is 1. The van der Waals surface area contributed by atoms with Gasteiger partial charge in [-0.05, 0) is 24.6 Å². The van der Waals surface area contributed by atoms with Crippen LogP contribution in [-0.4, -0.2) is 26.4 Å². The molecule has 19 heavy (non-hydrogen) atoms. The van der Waals surface area contributed by atoms with Gasteiger partial charge < -0.3 is 14.8 Å². The summed E-state index contributed by atoms with van der Waals surface area (Å²) < 4.78 is 23.7. The average Bonchev–Trinajstić information content (AvgIpc) is 2.43. The lowest BCUT2D eigenvalue weighted by Crippen LogP contribution is -2.20. The third kappa shape index (κ3) is 5.25. The van der Waals surface area contributed by atoms with Crippen molar-refractivity contribution in [3.8, 4) is 11.8 Å². The maximum absolute atomic E-state index is 13.3. The van der Waals surface area contributed by atoms with E-state index in [9.17, 15) is 4.39 Å². The Balaban J connectivity index is 2.71. The van der Waals surface area contributed by atoms with Gasteiger partial charge in [0.2, 0.25) is 0 Å². The molecule has 1 N–H and O–H groups in total. The van der Waals surface area contributed by atoms with Crippen LogP contribution in [-0.2, 0) is 11.3 Å². The van der Waals surface area contributed by atoms with Crippen LogP contribution in [0.1, 0.15) is 18.9 Å². The molecule has 0 spiro atoms. The molecule has 0 aliphatic heterocycles. The van der Waals surface area contributed by atoms with Crippen LogP contribution in [0.4, 0.5) is 4.39 Å². The van der Waals surface area contributed by atoms with Gasteiger partial charge in [0.25, 0.3) is 0 Å². The van der Waals surface area contributed by atoms with Crippen LogP contribution in [0.2, 0.25) is 0 Å². The number of nitrogens with zero attached hydrogens (tertiary/aromatic N) is 1. The van der Waals surface area contributed by atoms with Gasteiger partial charge in [-0.15, -0.1) is 0 Å². The highest BCUT2D eigenvalue weighted by molar-refractivity contribution is 5.34. The largest absolute Gasteiger partial charge is 0.475 e. The second kappa shape index (κ2) is 8.46. The second-order valence-electron chi connectivity index (χ2n) is 4.07. The molecule has 0 aliphatic rings. The molecule has 0 saturated carbocycles. The van der Waals surface area contributed by atoms with Gasteiger partial charge in [0.15, 0.2) is 6.10 Å². The smallest absolute Gasteiger partial charge is 0.184 e. The summed E-state index contributed by atoms with van der Waals surface area (Å²) in [6, 6.07) is 6.37. The van der Waals surface area contributed by atoms with Crippen LogP contribution >= 0.6 is 0 Å². The van der Waals surface area contributed by atoms with Gasteiger partial charge in [0.05, 0.1) is 6.61 Å². The topological polar surface area (TPSA) is 54.3 Å². The summed E-state index contributed by atoms with van der Waals surface area (Å²) in [5.74, 6) is 0.223. The van der Waals surface area contributed by atoms with E-state index in [1.807, 2.05) is 6.92 Å². The van der Waals surface area contributed by atoms with Gasteiger partial charge in [-0.3, -0.25) is 0 Å². The van der Waals surface area contributed by atoms with Crippen molar-refractivity contribution in [1.82, 2.24) is 5.32 Å². The molecule has 0 saturated heterocycles. The molecule has 0 bridgehead atoms. The molecule has 0 aromatic heterocycles. The molecule has 1 rings (SSSR count). The number of benzene rings is 1. The molecular formula is C14H19FN2O2. The van der Waals surface area contributed by atoms with Crippen LogP contribution in [0.25, 0.3) is 0 Å². The first-order chi connectivity index (χ1) is 9.21. The van der Waals surface area contributed by atoms with E-state index < -0.39 is 6.10 Å². The van der Waals surface area contributed by atoms with Crippen LogP contribution < -0.4 is 10.1 Å². The first-order valence-electron chi connectivity index (χ1n) is 6.25. The van der Waals surface area contributed by atoms with Crippen molar-refractivity contribution in [2.75, 3.05) is 20.3 Å². The van der Waals surface area contributed by atoms with Crippen molar-refractivity contribution in [3.05, 3.63) is 29.6 Å². The maximum atomic E-state index is 13.3. The van der Waals surface area contributed by atoms with Gasteiger partial charge in [0, 0.05) is 25.8 Å². The van der Waals surface area contributed by atoms with Crippen LogP contribution in [0, 0.1) is 17.1 Å². The van der Waals surface area contributed by atoms with Crippen LogP contribution in [0.5, 0.6) is 5.75 Å². The van der Waals surface area contributed by atoms with E-state index in [1.54, 1.807) is 13.2 Å². The molecule has 0 amide bonds. The fraction of sp³-hybridized carbons (Fsp3) is 0.500. The van der Waals surface area contributed by atoms with Gasteiger partial charge in [-0.2, -0.15) is 5.26 Å². The highest BCUT2D eigenvalue weighted by Gasteiger charge is 2.11. The van der Waals surface area contributed by atoms with E-state index in [4.69, 9.17) is 14.7 Å². The Labute approximate surface area is 113 Å². The molecule has 4 nitrogen and oxygen atoms in total. The van der Waals surface area contributed by atoms with Gasteiger partial charge in [-0.1, -0.05) is 6.92 Å². The zero-order valence-electron chi connectivity index (χ0n) is 11.3. The lowest BCUT2D eigenvalue weighted by atomic mass is 10.2. The fourth-order valence-corrected chi connectivity index (χ4v) is 1.55. The Hall–Kier alpha value is -1.64. The van der Waals surface area contributed by atoms with E-state index in [0.29, 0.717) is 37.4 Å². The van der Waals surface area contributed by atoms with Gasteiger partial charge in [0.1, 0.15) is 17.6 Å². The molecule has 0 heterocycles. The molecule has 1 aromatic rings. The van der Waals surface area contributed by atoms with E-state index in [0.717, 1.165) is 0 Å². The summed E-state index contributed by atoms with van der Waals surface area (Å²) in [6.45, 7) is 3.59. The summed E-state index contributed by atoms with van der Waals surface area (Å²) in [7, 11) is 1.62. The van der Waals surface area contributed by atoms with Crippen LogP contribution in [0.3, 0.4) is 0 Å². The molecule has 1 aromatic carbocycles. The van der Waals surface area contributed by atoms with Crippen molar-refractivity contribution in [2.24, 2.45) is 0 Å². The number of hydrogen-bond acceptors (Lipinski definition) is 4. The Morgan fingerprint density at radius 2 is 2.26 bits per heavy atom. The second-order valence-corrected chi connectivity index (χ2v) is 4.07. The highest BCUT2D eigenvalue weighted by Crippen LogP contribution is 2.21. The normalized spacial score (nSPS) is 11.9. The minimum absolute atomic E-state index is 0.319. The Morgan fingerprint density at radius 3 is 2.89 bits per heavy atom. The number of rotatable bonds is 8. The Bertz CT molecular complexity index is 432. The average molecular weight is 266 g/mol. The molecule has 1 unspecified atom stereocenters. The lowest BCUT2D eigenvalue weighted by molar-refractivity contribution is 0.198. The maximum Gasteiger partial charge on any atom is 0.184 e. The van der Waals surface area contributed by atoms with Gasteiger partial charge in [-0.25, -0.2) is 4.39 Å². The third-order valence-electron chi connectivity index (χ3n) is 2.60. The van der Waals surface area contributed by atoms with Crippen molar-refractivity contribution in [1.29, 1.82) is 5.26 Å². The standard InChI is InChI=1S/C14H19FN2O2/c1-3-13(9-16)19-14-5-4-12(15)8-11(14)10-17-6-7-18-2/h4-5,8,13,17H,3,6-7,10H2,1-2H3. The van der Waals surface area contributed by atoms with Crippen molar-refractivity contribution < 1.29 is 13.9 Å². The van der Waals surface area contributed by atoms with Crippen molar-refractivity contribution >= 4 is 0 Å². The van der Waals surface area contributed by atoms with E-state index in [-0.39, 0.29) is 5.82 Å². The number of halogens is 1. The molecule has 0 aliphatic carbocycles. The predicted octanol–water partition coefficient (Wildman–Crippen LogP) is 2.24. The predicted molar refractivity (Wildman–Crippen MR) is 70.3 cm³/mol. The van der Waals surface area contributed by atoms with E-state index in [1.165, 1.54) is 12.1 Å². The molecule has 5 heteroatoms. The zero-order chi connectivity index (χ0) is 14.1. The van der Waals surface area contributed by atoms with Crippen molar-refractivity contribution in [3.63, 3.8) is 0 Å². The van der Waals surface area contributed by atoms with Crippen LogP contribution in [0.15, 0.2) is 18.2 Å². The third-order valence-corrected chi connectivity index (χ3v) is 2.60. The minimum atomic E-state index is -0.511. The Morgan fingerprint density at radius 1 is 1.47 bits per heavy atom. The van der Waals surface area contributed by atoms with E-state index in [2.05, 4.69) is 11.4 Å². The molecule has 104 valence electrons. The lowest BCUT2D eigenvalue weighted by Gasteiger charge is -2.15. The summed E-state index contributed by atoms with van der Waals surface area (Å²) in [4.78, 5) is 0. The van der Waals surface area contributed by atoms with Crippen molar-refractivity contribution in [2.45, 2.75) is 26.0 Å². The monoisotopic (exact) mass is 266 g/mol. The quantitative estimate of drug-likeness (QED) is 0.733. The number of methoxy groups -OCH3 is 1. The number of nitrogens with one attached hydrogen (secondary N) is 1. The minimum Gasteiger partial charge on any atom is -0.475 e.